The second-order valence-electron chi connectivity index (χ2n) is 2.99. The van der Waals surface area contributed by atoms with Crippen molar-refractivity contribution >= 4 is 11.9 Å². The lowest BCUT2D eigenvalue weighted by Gasteiger charge is -2.03. The van der Waals surface area contributed by atoms with Gasteiger partial charge in [0.05, 0.1) is 0 Å². The van der Waals surface area contributed by atoms with Crippen molar-refractivity contribution in [3.63, 3.8) is 0 Å². The van der Waals surface area contributed by atoms with Gasteiger partial charge >= 0.3 is 0 Å². The summed E-state index contributed by atoms with van der Waals surface area (Å²) in [6.07, 6.45) is 3.79. The maximum Gasteiger partial charge on any atom is 0.0405 e. The molecule has 2 nitrogen and oxygen atoms in total. The summed E-state index contributed by atoms with van der Waals surface area (Å²) in [7, 11) is 0. The van der Waals surface area contributed by atoms with E-state index in [-0.39, 0.29) is 0 Å². The van der Waals surface area contributed by atoms with Crippen LogP contribution in [0.2, 0.25) is 0 Å². The molecule has 0 radical (unpaired) electrons. The van der Waals surface area contributed by atoms with Gasteiger partial charge in [-0.1, -0.05) is 20.8 Å². The van der Waals surface area contributed by atoms with Crippen molar-refractivity contribution < 1.29 is 0 Å². The molecule has 0 amide bonds. The number of hydrogen-bond acceptors (Lipinski definition) is 2. The second-order valence-corrected chi connectivity index (χ2v) is 2.99. The van der Waals surface area contributed by atoms with Crippen molar-refractivity contribution in [3.05, 3.63) is 0 Å². The van der Waals surface area contributed by atoms with Crippen LogP contribution in [0, 0.1) is 5.92 Å². The zero-order chi connectivity index (χ0) is 8.69. The smallest absolute Gasteiger partial charge is 0.0405 e. The Morgan fingerprint density at radius 3 is 2.45 bits per heavy atom. The normalized spacial score (nSPS) is 13.4. The molecule has 0 aromatic rings. The molecule has 11 heavy (non-hydrogen) atoms. The Labute approximate surface area is 69.4 Å². The van der Waals surface area contributed by atoms with Gasteiger partial charge in [0.25, 0.3) is 0 Å². The Bertz CT molecular complexity index is 146. The first-order chi connectivity index (χ1) is 5.20. The van der Waals surface area contributed by atoms with Crippen LogP contribution in [0.4, 0.5) is 0 Å². The molecular weight excluding hydrogens is 136 g/mol. The van der Waals surface area contributed by atoms with Gasteiger partial charge in [-0.2, -0.15) is 10.2 Å². The molecule has 0 aliphatic carbocycles. The second kappa shape index (κ2) is 6.08. The van der Waals surface area contributed by atoms with Crippen molar-refractivity contribution in [3.8, 4) is 0 Å². The van der Waals surface area contributed by atoms with Gasteiger partial charge in [-0.15, -0.1) is 0 Å². The first-order valence-electron chi connectivity index (χ1n) is 4.24. The highest BCUT2D eigenvalue weighted by molar-refractivity contribution is 5.84. The minimum absolute atomic E-state index is 0.681. The summed E-state index contributed by atoms with van der Waals surface area (Å²) in [4.78, 5) is 0. The SMILES string of the molecule is C/C=N/N=C(\CC)CC(C)C. The van der Waals surface area contributed by atoms with Gasteiger partial charge < -0.3 is 0 Å². The number of hydrogen-bond donors (Lipinski definition) is 0. The molecular formula is C9H18N2. The molecule has 0 saturated heterocycles. The van der Waals surface area contributed by atoms with E-state index in [4.69, 9.17) is 0 Å². The summed E-state index contributed by atoms with van der Waals surface area (Å²) >= 11 is 0. The summed E-state index contributed by atoms with van der Waals surface area (Å²) in [6.45, 7) is 8.39. The number of rotatable bonds is 4. The quantitative estimate of drug-likeness (QED) is 0.439. The molecule has 0 heterocycles. The molecule has 0 saturated carbocycles. The van der Waals surface area contributed by atoms with Gasteiger partial charge in [-0.05, 0) is 25.7 Å². The summed E-state index contributed by atoms with van der Waals surface area (Å²) in [5.41, 5.74) is 1.19. The molecule has 0 aromatic carbocycles. The van der Waals surface area contributed by atoms with Crippen LogP contribution in [0.25, 0.3) is 0 Å². The minimum Gasteiger partial charge on any atom is -0.164 e. The van der Waals surface area contributed by atoms with Crippen LogP contribution in [-0.4, -0.2) is 11.9 Å². The molecule has 0 aromatic heterocycles. The lowest BCUT2D eigenvalue weighted by atomic mass is 10.1. The lowest BCUT2D eigenvalue weighted by Crippen LogP contribution is -2.00. The fourth-order valence-corrected chi connectivity index (χ4v) is 0.867. The van der Waals surface area contributed by atoms with E-state index >= 15 is 0 Å². The largest absolute Gasteiger partial charge is 0.164 e. The molecule has 0 N–H and O–H groups in total. The topological polar surface area (TPSA) is 24.7 Å². The fraction of sp³-hybridized carbons (Fsp3) is 0.778. The van der Waals surface area contributed by atoms with Gasteiger partial charge in [-0.3, -0.25) is 0 Å². The van der Waals surface area contributed by atoms with E-state index in [1.54, 1.807) is 6.21 Å². The highest BCUT2D eigenvalue weighted by atomic mass is 15.2. The molecule has 0 rings (SSSR count). The van der Waals surface area contributed by atoms with Crippen molar-refractivity contribution in [1.82, 2.24) is 0 Å². The Morgan fingerprint density at radius 2 is 2.09 bits per heavy atom. The van der Waals surface area contributed by atoms with Gasteiger partial charge in [0, 0.05) is 11.9 Å². The van der Waals surface area contributed by atoms with Gasteiger partial charge in [0.1, 0.15) is 0 Å². The summed E-state index contributed by atoms with van der Waals surface area (Å²) < 4.78 is 0. The van der Waals surface area contributed by atoms with Crippen molar-refractivity contribution in [2.45, 2.75) is 40.5 Å². The van der Waals surface area contributed by atoms with Crippen LogP contribution in [-0.2, 0) is 0 Å². The van der Waals surface area contributed by atoms with Gasteiger partial charge in [0.15, 0.2) is 0 Å². The molecule has 0 atom stereocenters. The highest BCUT2D eigenvalue weighted by Gasteiger charge is 1.99. The van der Waals surface area contributed by atoms with Crippen molar-refractivity contribution in [2.24, 2.45) is 16.1 Å². The Hall–Kier alpha value is -0.660. The van der Waals surface area contributed by atoms with E-state index in [0.717, 1.165) is 12.8 Å². The maximum atomic E-state index is 4.09. The predicted octanol–water partition coefficient (Wildman–Crippen LogP) is 2.89. The zero-order valence-electron chi connectivity index (χ0n) is 7.96. The van der Waals surface area contributed by atoms with Crippen LogP contribution in [0.15, 0.2) is 10.2 Å². The van der Waals surface area contributed by atoms with E-state index < -0.39 is 0 Å². The average Bonchev–Trinajstić information content (AvgIpc) is 1.97. The Morgan fingerprint density at radius 1 is 1.45 bits per heavy atom. The van der Waals surface area contributed by atoms with E-state index in [2.05, 4.69) is 31.0 Å². The molecule has 64 valence electrons. The summed E-state index contributed by atoms with van der Waals surface area (Å²) in [5, 5.41) is 7.95. The monoisotopic (exact) mass is 154 g/mol. The molecule has 0 aliphatic rings. The zero-order valence-corrected chi connectivity index (χ0v) is 7.96. The lowest BCUT2D eigenvalue weighted by molar-refractivity contribution is 0.676. The third-order valence-electron chi connectivity index (χ3n) is 1.37. The Kier molecular flexibility index (Phi) is 5.71. The van der Waals surface area contributed by atoms with Crippen LogP contribution in [0.3, 0.4) is 0 Å². The van der Waals surface area contributed by atoms with Gasteiger partial charge in [0.2, 0.25) is 0 Å². The van der Waals surface area contributed by atoms with E-state index in [0.29, 0.717) is 5.92 Å². The third-order valence-corrected chi connectivity index (χ3v) is 1.37. The van der Waals surface area contributed by atoms with Crippen LogP contribution in [0.1, 0.15) is 40.5 Å². The Balaban J connectivity index is 3.94. The molecule has 0 bridgehead atoms. The molecule has 2 heteroatoms. The molecule has 0 fully saturated rings. The first-order valence-corrected chi connectivity index (χ1v) is 4.24. The predicted molar refractivity (Wildman–Crippen MR) is 51.3 cm³/mol. The van der Waals surface area contributed by atoms with E-state index in [1.807, 2.05) is 6.92 Å². The minimum atomic E-state index is 0.681. The maximum absolute atomic E-state index is 4.09. The molecule has 0 spiro atoms. The third kappa shape index (κ3) is 5.77. The van der Waals surface area contributed by atoms with Crippen molar-refractivity contribution in [1.29, 1.82) is 0 Å². The standard InChI is InChI=1S/C9H18N2/c1-5-9(7-8(3)4)11-10-6-2/h6,8H,5,7H2,1-4H3/b10-6+,11-9+. The van der Waals surface area contributed by atoms with Crippen molar-refractivity contribution in [2.75, 3.05) is 0 Å². The molecule has 0 aliphatic heterocycles. The first kappa shape index (κ1) is 10.3. The van der Waals surface area contributed by atoms with Crippen LogP contribution < -0.4 is 0 Å². The van der Waals surface area contributed by atoms with Crippen LogP contribution >= 0.6 is 0 Å². The summed E-state index contributed by atoms with van der Waals surface area (Å²) in [6, 6.07) is 0. The van der Waals surface area contributed by atoms with Gasteiger partial charge in [-0.25, -0.2) is 0 Å². The summed E-state index contributed by atoms with van der Waals surface area (Å²) in [5.74, 6) is 0.681. The fourth-order valence-electron chi connectivity index (χ4n) is 0.867. The van der Waals surface area contributed by atoms with E-state index in [9.17, 15) is 0 Å². The number of nitrogens with zero attached hydrogens (tertiary/aromatic N) is 2. The van der Waals surface area contributed by atoms with Crippen LogP contribution in [0.5, 0.6) is 0 Å². The van der Waals surface area contributed by atoms with E-state index in [1.165, 1.54) is 5.71 Å². The average molecular weight is 154 g/mol. The highest BCUT2D eigenvalue weighted by Crippen LogP contribution is 2.04. The molecule has 0 unspecified atom stereocenters.